The normalized spacial score (nSPS) is 14.5. The number of Topliss-reactive ketones (excluding diaryl/α,β-unsaturated/α-hetero) is 1. The number of benzene rings is 2. The van der Waals surface area contributed by atoms with Crippen molar-refractivity contribution >= 4 is 17.4 Å². The number of carbonyl (C=O) groups is 1. The van der Waals surface area contributed by atoms with Gasteiger partial charge in [0.2, 0.25) is 0 Å². The molecular weight excluding hydrogens is 402 g/mol. The number of hydrogen-bond donors (Lipinski definition) is 0. The SMILES string of the molecule is COc1cccc(C(C)CC(=O)Cn2nc(-c3ccc(Cl)cc3)n(C3CC3)c2=O)c1. The van der Waals surface area contributed by atoms with Crippen molar-refractivity contribution in [3.05, 3.63) is 69.6 Å². The summed E-state index contributed by atoms with van der Waals surface area (Å²) in [5.41, 5.74) is 1.62. The second-order valence-corrected chi connectivity index (χ2v) is 8.23. The number of nitrogens with zero attached hydrogens (tertiary/aromatic N) is 3. The second kappa shape index (κ2) is 8.48. The molecule has 4 rings (SSSR count). The van der Waals surface area contributed by atoms with Crippen LogP contribution in [0.3, 0.4) is 0 Å². The van der Waals surface area contributed by atoms with Crippen LogP contribution >= 0.6 is 11.6 Å². The van der Waals surface area contributed by atoms with E-state index in [0.29, 0.717) is 17.3 Å². The lowest BCUT2D eigenvalue weighted by Crippen LogP contribution is -2.28. The van der Waals surface area contributed by atoms with Gasteiger partial charge in [0.1, 0.15) is 12.3 Å². The Morgan fingerprint density at radius 2 is 1.97 bits per heavy atom. The van der Waals surface area contributed by atoms with E-state index in [1.165, 1.54) is 4.68 Å². The number of halogens is 1. The smallest absolute Gasteiger partial charge is 0.346 e. The zero-order chi connectivity index (χ0) is 21.3. The molecule has 0 spiro atoms. The van der Waals surface area contributed by atoms with Gasteiger partial charge in [-0.15, -0.1) is 5.10 Å². The molecule has 0 bridgehead atoms. The third-order valence-electron chi connectivity index (χ3n) is 5.41. The summed E-state index contributed by atoms with van der Waals surface area (Å²) >= 11 is 5.99. The van der Waals surface area contributed by atoms with E-state index in [1.807, 2.05) is 43.3 Å². The van der Waals surface area contributed by atoms with Crippen molar-refractivity contribution in [2.45, 2.75) is 44.7 Å². The average molecular weight is 426 g/mol. The zero-order valence-electron chi connectivity index (χ0n) is 17.0. The molecule has 1 saturated carbocycles. The Morgan fingerprint density at radius 3 is 2.63 bits per heavy atom. The maximum Gasteiger partial charge on any atom is 0.346 e. The highest BCUT2D eigenvalue weighted by atomic mass is 35.5. The molecule has 1 aromatic heterocycles. The molecule has 0 N–H and O–H groups in total. The molecule has 1 atom stereocenters. The molecule has 1 heterocycles. The third kappa shape index (κ3) is 4.33. The highest BCUT2D eigenvalue weighted by molar-refractivity contribution is 6.30. The van der Waals surface area contributed by atoms with E-state index in [-0.39, 0.29) is 30.0 Å². The molecule has 2 aromatic carbocycles. The highest BCUT2D eigenvalue weighted by Gasteiger charge is 2.30. The fourth-order valence-electron chi connectivity index (χ4n) is 3.62. The van der Waals surface area contributed by atoms with E-state index in [9.17, 15) is 9.59 Å². The molecule has 1 aliphatic carbocycles. The minimum absolute atomic E-state index is 0.0181. The lowest BCUT2D eigenvalue weighted by molar-refractivity contribution is -0.120. The molecule has 7 heteroatoms. The summed E-state index contributed by atoms with van der Waals surface area (Å²) in [6.07, 6.45) is 2.23. The number of rotatable bonds is 8. The van der Waals surface area contributed by atoms with Crippen LogP contribution in [0.4, 0.5) is 0 Å². The van der Waals surface area contributed by atoms with Crippen LogP contribution in [0.15, 0.2) is 53.3 Å². The van der Waals surface area contributed by atoms with E-state index in [1.54, 1.807) is 23.8 Å². The maximum atomic E-state index is 13.0. The van der Waals surface area contributed by atoms with Crippen LogP contribution in [0.1, 0.15) is 43.7 Å². The Hall–Kier alpha value is -2.86. The van der Waals surface area contributed by atoms with Gasteiger partial charge in [0.25, 0.3) is 0 Å². The van der Waals surface area contributed by atoms with E-state index in [4.69, 9.17) is 16.3 Å². The van der Waals surface area contributed by atoms with Crippen molar-refractivity contribution in [2.75, 3.05) is 7.11 Å². The van der Waals surface area contributed by atoms with Gasteiger partial charge in [0.15, 0.2) is 11.6 Å². The summed E-state index contributed by atoms with van der Waals surface area (Å²) in [5.74, 6) is 1.34. The molecule has 1 unspecified atom stereocenters. The van der Waals surface area contributed by atoms with Crippen LogP contribution in [-0.4, -0.2) is 27.2 Å². The number of carbonyl (C=O) groups excluding carboxylic acids is 1. The molecule has 0 aliphatic heterocycles. The van der Waals surface area contributed by atoms with Gasteiger partial charge in [0, 0.05) is 23.0 Å². The molecule has 0 saturated heterocycles. The van der Waals surface area contributed by atoms with Gasteiger partial charge in [0.05, 0.1) is 7.11 Å². The Bertz CT molecular complexity index is 1110. The van der Waals surface area contributed by atoms with E-state index in [0.717, 1.165) is 29.7 Å². The number of ether oxygens (including phenoxy) is 1. The van der Waals surface area contributed by atoms with Crippen molar-refractivity contribution in [3.8, 4) is 17.1 Å². The molecule has 0 radical (unpaired) electrons. The fourth-order valence-corrected chi connectivity index (χ4v) is 3.75. The van der Waals surface area contributed by atoms with Crippen LogP contribution < -0.4 is 10.4 Å². The van der Waals surface area contributed by atoms with Crippen LogP contribution in [0.25, 0.3) is 11.4 Å². The third-order valence-corrected chi connectivity index (χ3v) is 5.66. The largest absolute Gasteiger partial charge is 0.497 e. The standard InChI is InChI=1S/C23H24ClN3O3/c1-15(17-4-3-5-21(13-17)30-2)12-20(28)14-26-23(29)27(19-10-11-19)22(25-26)16-6-8-18(24)9-7-16/h3-9,13,15,19H,10-12,14H2,1-2H3. The van der Waals surface area contributed by atoms with Crippen LogP contribution in [0.5, 0.6) is 5.75 Å². The molecule has 30 heavy (non-hydrogen) atoms. The number of methoxy groups -OCH3 is 1. The van der Waals surface area contributed by atoms with Gasteiger partial charge in [-0.05, 0) is 60.7 Å². The maximum absolute atomic E-state index is 13.0. The fraction of sp³-hybridized carbons (Fsp3) is 0.348. The van der Waals surface area contributed by atoms with Gasteiger partial charge in [-0.25, -0.2) is 9.48 Å². The summed E-state index contributed by atoms with van der Waals surface area (Å²) in [4.78, 5) is 25.7. The topological polar surface area (TPSA) is 66.1 Å². The minimum Gasteiger partial charge on any atom is -0.497 e. The molecule has 6 nitrogen and oxygen atoms in total. The predicted molar refractivity (Wildman–Crippen MR) is 116 cm³/mol. The second-order valence-electron chi connectivity index (χ2n) is 7.79. The summed E-state index contributed by atoms with van der Waals surface area (Å²) in [6, 6.07) is 15.1. The first-order chi connectivity index (χ1) is 14.5. The van der Waals surface area contributed by atoms with Gasteiger partial charge in [-0.2, -0.15) is 0 Å². The Balaban J connectivity index is 1.54. The average Bonchev–Trinajstić information content (AvgIpc) is 3.53. The zero-order valence-corrected chi connectivity index (χ0v) is 17.8. The van der Waals surface area contributed by atoms with Crippen molar-refractivity contribution in [1.29, 1.82) is 0 Å². The first-order valence-electron chi connectivity index (χ1n) is 10.1. The van der Waals surface area contributed by atoms with Crippen molar-refractivity contribution in [1.82, 2.24) is 14.3 Å². The molecule has 3 aromatic rings. The highest BCUT2D eigenvalue weighted by Crippen LogP contribution is 2.36. The summed E-state index contributed by atoms with van der Waals surface area (Å²) in [6.45, 7) is 1.96. The number of hydrogen-bond acceptors (Lipinski definition) is 4. The number of aromatic nitrogens is 3. The van der Waals surface area contributed by atoms with Crippen LogP contribution in [-0.2, 0) is 11.3 Å². The van der Waals surface area contributed by atoms with Crippen molar-refractivity contribution in [2.24, 2.45) is 0 Å². The van der Waals surface area contributed by atoms with Gasteiger partial charge < -0.3 is 4.74 Å². The molecule has 0 amide bonds. The van der Waals surface area contributed by atoms with Gasteiger partial charge >= 0.3 is 5.69 Å². The van der Waals surface area contributed by atoms with Crippen LogP contribution in [0, 0.1) is 0 Å². The molecule has 156 valence electrons. The van der Waals surface area contributed by atoms with Crippen molar-refractivity contribution < 1.29 is 9.53 Å². The van der Waals surface area contributed by atoms with Gasteiger partial charge in [-0.1, -0.05) is 30.7 Å². The van der Waals surface area contributed by atoms with Gasteiger partial charge in [-0.3, -0.25) is 9.36 Å². The number of ketones is 1. The van der Waals surface area contributed by atoms with Crippen molar-refractivity contribution in [3.63, 3.8) is 0 Å². The predicted octanol–water partition coefficient (Wildman–Crippen LogP) is 4.47. The lowest BCUT2D eigenvalue weighted by Gasteiger charge is -2.12. The quantitative estimate of drug-likeness (QED) is 0.534. The molecule has 1 aliphatic rings. The molecule has 1 fully saturated rings. The van der Waals surface area contributed by atoms with E-state index in [2.05, 4.69) is 5.10 Å². The first-order valence-corrected chi connectivity index (χ1v) is 10.4. The lowest BCUT2D eigenvalue weighted by atomic mass is 9.95. The monoisotopic (exact) mass is 425 g/mol. The summed E-state index contributed by atoms with van der Waals surface area (Å²) in [5, 5.41) is 5.13. The summed E-state index contributed by atoms with van der Waals surface area (Å²) in [7, 11) is 1.62. The first kappa shape index (κ1) is 20.4. The van der Waals surface area contributed by atoms with E-state index >= 15 is 0 Å². The summed E-state index contributed by atoms with van der Waals surface area (Å²) < 4.78 is 8.27. The molecular formula is C23H24ClN3O3. The minimum atomic E-state index is -0.232. The Kier molecular flexibility index (Phi) is 5.77. The van der Waals surface area contributed by atoms with E-state index < -0.39 is 0 Å². The van der Waals surface area contributed by atoms with Crippen LogP contribution in [0.2, 0.25) is 5.02 Å². The Morgan fingerprint density at radius 1 is 1.23 bits per heavy atom. The Labute approximate surface area is 180 Å².